The van der Waals surface area contributed by atoms with Gasteiger partial charge in [-0.3, -0.25) is 9.59 Å². The van der Waals surface area contributed by atoms with Gasteiger partial charge in [0, 0.05) is 64.3 Å². The molecule has 154 valence electrons. The smallest absolute Gasteiger partial charge is 0.263 e. The predicted molar refractivity (Wildman–Crippen MR) is 110 cm³/mol. The van der Waals surface area contributed by atoms with Crippen LogP contribution in [0, 0.1) is 6.92 Å². The highest BCUT2D eigenvalue weighted by Gasteiger charge is 2.25. The van der Waals surface area contributed by atoms with E-state index in [9.17, 15) is 9.59 Å². The van der Waals surface area contributed by atoms with Crippen LogP contribution in [0.4, 0.5) is 11.8 Å². The van der Waals surface area contributed by atoms with Crippen LogP contribution in [0.15, 0.2) is 29.2 Å². The van der Waals surface area contributed by atoms with Crippen molar-refractivity contribution in [3.8, 4) is 0 Å². The fourth-order valence-electron chi connectivity index (χ4n) is 3.67. The summed E-state index contributed by atoms with van der Waals surface area (Å²) in [5.41, 5.74) is 0.875. The number of amides is 1. The van der Waals surface area contributed by atoms with Crippen LogP contribution >= 0.6 is 0 Å². The van der Waals surface area contributed by atoms with Gasteiger partial charge >= 0.3 is 0 Å². The highest BCUT2D eigenvalue weighted by molar-refractivity contribution is 5.94. The summed E-state index contributed by atoms with van der Waals surface area (Å²) >= 11 is 0. The van der Waals surface area contributed by atoms with Crippen LogP contribution in [0.1, 0.15) is 16.1 Å². The lowest BCUT2D eigenvalue weighted by atomic mass is 10.2. The molecule has 9 nitrogen and oxygen atoms in total. The second-order valence-electron chi connectivity index (χ2n) is 7.38. The number of carbonyl (C=O) groups is 1. The fourth-order valence-corrected chi connectivity index (χ4v) is 3.67. The van der Waals surface area contributed by atoms with Crippen molar-refractivity contribution in [3.63, 3.8) is 0 Å². The van der Waals surface area contributed by atoms with Gasteiger partial charge in [-0.2, -0.15) is 4.98 Å². The monoisotopic (exact) mass is 398 g/mol. The van der Waals surface area contributed by atoms with Crippen LogP contribution < -0.4 is 15.4 Å². The van der Waals surface area contributed by atoms with Gasteiger partial charge in [-0.15, -0.1) is 0 Å². The van der Waals surface area contributed by atoms with Crippen molar-refractivity contribution in [2.75, 3.05) is 62.3 Å². The van der Waals surface area contributed by atoms with Crippen LogP contribution in [0.3, 0.4) is 0 Å². The van der Waals surface area contributed by atoms with Crippen LogP contribution in [-0.4, -0.2) is 77.8 Å². The van der Waals surface area contributed by atoms with Gasteiger partial charge in [0.05, 0.1) is 13.2 Å². The summed E-state index contributed by atoms with van der Waals surface area (Å²) < 4.78 is 6.85. The number of hydrogen-bond acceptors (Lipinski definition) is 7. The summed E-state index contributed by atoms with van der Waals surface area (Å²) in [5, 5.41) is 0. The maximum atomic E-state index is 12.8. The lowest BCUT2D eigenvalue weighted by molar-refractivity contribution is 0.0744. The minimum Gasteiger partial charge on any atom is -0.378 e. The van der Waals surface area contributed by atoms with Crippen molar-refractivity contribution >= 4 is 17.7 Å². The molecule has 1 amide bonds. The number of nitrogens with zero attached hydrogens (tertiary/aromatic N) is 6. The second-order valence-corrected chi connectivity index (χ2v) is 7.38. The Kier molecular flexibility index (Phi) is 5.48. The number of aryl methyl sites for hydroxylation is 2. The first kappa shape index (κ1) is 19.4. The number of morpholine rings is 1. The summed E-state index contributed by atoms with van der Waals surface area (Å²) in [5.74, 6) is 1.40. The van der Waals surface area contributed by atoms with E-state index in [0.29, 0.717) is 39.4 Å². The molecule has 4 rings (SSSR count). The van der Waals surface area contributed by atoms with E-state index in [1.165, 1.54) is 4.57 Å². The zero-order valence-corrected chi connectivity index (χ0v) is 16.9. The molecule has 0 bridgehead atoms. The van der Waals surface area contributed by atoms with Crippen molar-refractivity contribution in [2.45, 2.75) is 6.92 Å². The Balaban J connectivity index is 1.45. The van der Waals surface area contributed by atoms with E-state index in [4.69, 9.17) is 9.72 Å². The molecule has 9 heteroatoms. The van der Waals surface area contributed by atoms with Crippen molar-refractivity contribution in [1.82, 2.24) is 19.4 Å². The first-order valence-corrected chi connectivity index (χ1v) is 9.91. The average molecular weight is 398 g/mol. The van der Waals surface area contributed by atoms with Gasteiger partial charge in [0.1, 0.15) is 11.4 Å². The Labute approximate surface area is 169 Å². The molecule has 2 aliphatic rings. The molecule has 2 aromatic heterocycles. The van der Waals surface area contributed by atoms with Gasteiger partial charge in [-0.25, -0.2) is 4.98 Å². The quantitative estimate of drug-likeness (QED) is 0.734. The Morgan fingerprint density at radius 1 is 1.03 bits per heavy atom. The van der Waals surface area contributed by atoms with Gasteiger partial charge in [0.15, 0.2) is 0 Å². The normalized spacial score (nSPS) is 17.5. The molecule has 4 heterocycles. The maximum absolute atomic E-state index is 12.8. The van der Waals surface area contributed by atoms with Gasteiger partial charge in [0.25, 0.3) is 11.5 Å². The van der Waals surface area contributed by atoms with Gasteiger partial charge < -0.3 is 24.0 Å². The average Bonchev–Trinajstić information content (AvgIpc) is 2.75. The first-order valence-electron chi connectivity index (χ1n) is 9.91. The van der Waals surface area contributed by atoms with E-state index in [-0.39, 0.29) is 17.0 Å². The molecule has 0 N–H and O–H groups in total. The fraction of sp³-hybridized carbons (Fsp3) is 0.500. The van der Waals surface area contributed by atoms with Gasteiger partial charge in [0.2, 0.25) is 5.95 Å². The first-order chi connectivity index (χ1) is 14.0. The summed E-state index contributed by atoms with van der Waals surface area (Å²) in [7, 11) is 1.65. The molecule has 0 aromatic carbocycles. The Hall–Kier alpha value is -2.94. The third-order valence-corrected chi connectivity index (χ3v) is 5.37. The molecule has 2 aliphatic heterocycles. The van der Waals surface area contributed by atoms with E-state index >= 15 is 0 Å². The van der Waals surface area contributed by atoms with Crippen molar-refractivity contribution in [3.05, 3.63) is 46.0 Å². The molecule has 2 aromatic rings. The molecular weight excluding hydrogens is 372 g/mol. The number of hydrogen-bond donors (Lipinski definition) is 0. The zero-order valence-electron chi connectivity index (χ0n) is 16.9. The maximum Gasteiger partial charge on any atom is 0.263 e. The molecule has 0 unspecified atom stereocenters. The minimum atomic E-state index is -0.262. The van der Waals surface area contributed by atoms with Crippen LogP contribution in [0.2, 0.25) is 0 Å². The molecule has 0 radical (unpaired) electrons. The number of carbonyl (C=O) groups excluding carboxylic acids is 1. The molecule has 0 aliphatic carbocycles. The topological polar surface area (TPSA) is 83.8 Å². The Bertz CT molecular complexity index is 945. The number of rotatable bonds is 3. The van der Waals surface area contributed by atoms with Gasteiger partial charge in [-0.1, -0.05) is 0 Å². The predicted octanol–water partition coefficient (Wildman–Crippen LogP) is 0.283. The van der Waals surface area contributed by atoms with Crippen molar-refractivity contribution < 1.29 is 9.53 Å². The molecule has 2 fully saturated rings. The standard InChI is InChI=1S/C20H26N6O3/c1-15-14-17(22-20(21-15)26-10-12-29-13-11-26)24-6-8-25(9-7-24)19(28)16-4-3-5-23(2)18(16)27/h3-5,14H,6-13H2,1-2H3. The third kappa shape index (κ3) is 4.09. The highest BCUT2D eigenvalue weighted by atomic mass is 16.5. The number of pyridine rings is 1. The van der Waals surface area contributed by atoms with E-state index in [1.807, 2.05) is 13.0 Å². The zero-order chi connectivity index (χ0) is 20.4. The van der Waals surface area contributed by atoms with Crippen LogP contribution in [-0.2, 0) is 11.8 Å². The molecule has 0 spiro atoms. The van der Waals surface area contributed by atoms with E-state index in [1.54, 1.807) is 30.3 Å². The van der Waals surface area contributed by atoms with Crippen molar-refractivity contribution in [2.24, 2.45) is 7.05 Å². The van der Waals surface area contributed by atoms with E-state index in [0.717, 1.165) is 30.5 Å². The Morgan fingerprint density at radius 3 is 2.48 bits per heavy atom. The summed E-state index contributed by atoms with van der Waals surface area (Å²) in [4.78, 5) is 40.4. The minimum absolute atomic E-state index is 0.210. The number of anilines is 2. The van der Waals surface area contributed by atoms with Crippen molar-refractivity contribution in [1.29, 1.82) is 0 Å². The second kappa shape index (κ2) is 8.20. The lowest BCUT2D eigenvalue weighted by Crippen LogP contribution is -2.50. The van der Waals surface area contributed by atoms with E-state index < -0.39 is 0 Å². The molecular formula is C20H26N6O3. The lowest BCUT2D eigenvalue weighted by Gasteiger charge is -2.36. The third-order valence-electron chi connectivity index (χ3n) is 5.37. The van der Waals surface area contributed by atoms with Crippen LogP contribution in [0.25, 0.3) is 0 Å². The molecule has 0 saturated carbocycles. The summed E-state index contributed by atoms with van der Waals surface area (Å²) in [6.07, 6.45) is 1.65. The van der Waals surface area contributed by atoms with Crippen LogP contribution in [0.5, 0.6) is 0 Å². The molecule has 0 atom stereocenters. The largest absolute Gasteiger partial charge is 0.378 e. The van der Waals surface area contributed by atoms with Gasteiger partial charge in [-0.05, 0) is 19.1 Å². The highest BCUT2D eigenvalue weighted by Crippen LogP contribution is 2.20. The number of piperazine rings is 1. The molecule has 2 saturated heterocycles. The summed E-state index contributed by atoms with van der Waals surface area (Å²) in [6, 6.07) is 5.30. The van der Waals surface area contributed by atoms with E-state index in [2.05, 4.69) is 14.8 Å². The summed E-state index contributed by atoms with van der Waals surface area (Å²) in [6.45, 7) is 7.35. The number of ether oxygens (including phenoxy) is 1. The molecule has 29 heavy (non-hydrogen) atoms. The number of aromatic nitrogens is 3. The SMILES string of the molecule is Cc1cc(N2CCN(C(=O)c3cccn(C)c3=O)CC2)nc(N2CCOCC2)n1. The Morgan fingerprint density at radius 2 is 1.76 bits per heavy atom.